The van der Waals surface area contributed by atoms with Crippen molar-refractivity contribution in [3.63, 3.8) is 0 Å². The van der Waals surface area contributed by atoms with Gasteiger partial charge in [0.25, 0.3) is 5.91 Å². The largest absolute Gasteiger partial charge is 0.417 e. The van der Waals surface area contributed by atoms with Gasteiger partial charge in [0.15, 0.2) is 0 Å². The highest BCUT2D eigenvalue weighted by Crippen LogP contribution is 2.37. The van der Waals surface area contributed by atoms with Crippen molar-refractivity contribution in [2.24, 2.45) is 0 Å². The number of urea groups is 1. The van der Waals surface area contributed by atoms with Crippen molar-refractivity contribution < 1.29 is 22.8 Å². The fourth-order valence-corrected chi connectivity index (χ4v) is 2.66. The third-order valence-corrected chi connectivity index (χ3v) is 4.27. The Kier molecular flexibility index (Phi) is 5.13. The molecule has 132 valence electrons. The van der Waals surface area contributed by atoms with Crippen molar-refractivity contribution >= 4 is 40.2 Å². The van der Waals surface area contributed by atoms with Gasteiger partial charge in [-0.25, -0.2) is 9.69 Å². The number of anilines is 1. The Morgan fingerprint density at radius 1 is 1.32 bits per heavy atom. The third-order valence-electron chi connectivity index (χ3n) is 3.76. The first-order valence-electron chi connectivity index (χ1n) is 7.07. The molecule has 0 spiro atoms. The SMILES string of the molecule is CC1(C)C(=O)N(c2ccc(C#N)c(C(F)(F)F)c2)C(=O)N1C=CCI. The number of alkyl halides is 4. The zero-order valence-electron chi connectivity index (χ0n) is 13.3. The minimum Gasteiger partial charge on any atom is -0.286 e. The van der Waals surface area contributed by atoms with E-state index in [-0.39, 0.29) is 5.69 Å². The number of halogens is 4. The molecule has 0 unspecified atom stereocenters. The molecule has 0 atom stereocenters. The van der Waals surface area contributed by atoms with Gasteiger partial charge in [-0.1, -0.05) is 28.7 Å². The predicted molar refractivity (Wildman–Crippen MR) is 93.0 cm³/mol. The summed E-state index contributed by atoms with van der Waals surface area (Å²) in [5.74, 6) is -0.645. The van der Waals surface area contributed by atoms with Gasteiger partial charge >= 0.3 is 12.2 Å². The number of benzene rings is 1. The Labute approximate surface area is 155 Å². The molecular formula is C16H13F3IN3O2. The van der Waals surface area contributed by atoms with E-state index in [4.69, 9.17) is 5.26 Å². The highest BCUT2D eigenvalue weighted by Gasteiger charge is 2.51. The number of nitrogens with zero attached hydrogens (tertiary/aromatic N) is 3. The van der Waals surface area contributed by atoms with Crippen LogP contribution in [-0.4, -0.2) is 26.8 Å². The molecule has 5 nitrogen and oxygen atoms in total. The minimum absolute atomic E-state index is 0.222. The number of imide groups is 1. The Balaban J connectivity index is 2.56. The molecule has 0 radical (unpaired) electrons. The van der Waals surface area contributed by atoms with Gasteiger partial charge in [0.1, 0.15) is 5.54 Å². The molecule has 0 N–H and O–H groups in total. The first kappa shape index (κ1) is 19.2. The quantitative estimate of drug-likeness (QED) is 0.386. The van der Waals surface area contributed by atoms with E-state index in [2.05, 4.69) is 22.6 Å². The van der Waals surface area contributed by atoms with Crippen LogP contribution in [0.15, 0.2) is 30.5 Å². The van der Waals surface area contributed by atoms with E-state index in [0.717, 1.165) is 12.1 Å². The zero-order chi connectivity index (χ0) is 19.0. The number of nitriles is 1. The van der Waals surface area contributed by atoms with Crippen LogP contribution in [0.1, 0.15) is 25.0 Å². The van der Waals surface area contributed by atoms with Crippen LogP contribution in [0.2, 0.25) is 0 Å². The van der Waals surface area contributed by atoms with Crippen molar-refractivity contribution in [3.8, 4) is 6.07 Å². The second-order valence-electron chi connectivity index (χ2n) is 5.73. The Morgan fingerprint density at radius 2 is 1.96 bits per heavy atom. The van der Waals surface area contributed by atoms with Crippen LogP contribution in [0, 0.1) is 11.3 Å². The lowest BCUT2D eigenvalue weighted by molar-refractivity contribution is -0.137. The van der Waals surface area contributed by atoms with Gasteiger partial charge in [0.2, 0.25) is 0 Å². The first-order valence-corrected chi connectivity index (χ1v) is 8.60. The van der Waals surface area contributed by atoms with Crippen LogP contribution in [-0.2, 0) is 11.0 Å². The third kappa shape index (κ3) is 3.35. The fourth-order valence-electron chi connectivity index (χ4n) is 2.44. The van der Waals surface area contributed by atoms with E-state index in [1.165, 1.54) is 31.0 Å². The lowest BCUT2D eigenvalue weighted by Crippen LogP contribution is -2.41. The van der Waals surface area contributed by atoms with E-state index in [0.29, 0.717) is 15.4 Å². The van der Waals surface area contributed by atoms with Crippen LogP contribution in [0.5, 0.6) is 0 Å². The van der Waals surface area contributed by atoms with Crippen molar-refractivity contribution in [2.45, 2.75) is 25.6 Å². The summed E-state index contributed by atoms with van der Waals surface area (Å²) in [6.07, 6.45) is -1.67. The summed E-state index contributed by atoms with van der Waals surface area (Å²) >= 11 is 2.06. The fraction of sp³-hybridized carbons (Fsp3) is 0.312. The number of hydrogen-bond donors (Lipinski definition) is 0. The van der Waals surface area contributed by atoms with E-state index in [1.807, 2.05) is 0 Å². The van der Waals surface area contributed by atoms with E-state index in [1.54, 1.807) is 6.08 Å². The maximum absolute atomic E-state index is 13.1. The topological polar surface area (TPSA) is 64.4 Å². The van der Waals surface area contributed by atoms with Gasteiger partial charge in [-0.15, -0.1) is 0 Å². The molecule has 0 saturated carbocycles. The molecule has 1 heterocycles. The molecule has 0 aromatic heterocycles. The molecule has 3 amide bonds. The average molecular weight is 463 g/mol. The van der Waals surface area contributed by atoms with Gasteiger partial charge in [-0.2, -0.15) is 18.4 Å². The summed E-state index contributed by atoms with van der Waals surface area (Å²) in [6, 6.07) is 3.48. The minimum atomic E-state index is -4.77. The number of rotatable bonds is 3. The smallest absolute Gasteiger partial charge is 0.286 e. The highest BCUT2D eigenvalue weighted by molar-refractivity contribution is 14.1. The molecule has 9 heteroatoms. The number of carbonyl (C=O) groups is 2. The lowest BCUT2D eigenvalue weighted by atomic mass is 10.0. The van der Waals surface area contributed by atoms with E-state index >= 15 is 0 Å². The van der Waals surface area contributed by atoms with E-state index < -0.39 is 34.8 Å². The molecule has 1 aliphatic rings. The molecule has 1 fully saturated rings. The highest BCUT2D eigenvalue weighted by atomic mass is 127. The number of allylic oxidation sites excluding steroid dienone is 1. The van der Waals surface area contributed by atoms with Crippen LogP contribution in [0.3, 0.4) is 0 Å². The molecule has 0 bridgehead atoms. The second kappa shape index (κ2) is 6.67. The Hall–Kier alpha value is -2.09. The Bertz CT molecular complexity index is 797. The van der Waals surface area contributed by atoms with Gasteiger partial charge in [-0.05, 0) is 32.0 Å². The van der Waals surface area contributed by atoms with Gasteiger partial charge in [-0.3, -0.25) is 9.69 Å². The zero-order valence-corrected chi connectivity index (χ0v) is 15.4. The first-order chi connectivity index (χ1) is 11.6. The van der Waals surface area contributed by atoms with Crippen molar-refractivity contribution in [2.75, 3.05) is 9.33 Å². The molecule has 0 aliphatic carbocycles. The summed E-state index contributed by atoms with van der Waals surface area (Å²) in [5.41, 5.74) is -3.21. The second-order valence-corrected chi connectivity index (χ2v) is 6.61. The summed E-state index contributed by atoms with van der Waals surface area (Å²) in [5, 5.41) is 8.85. The Morgan fingerprint density at radius 3 is 2.48 bits per heavy atom. The van der Waals surface area contributed by atoms with Gasteiger partial charge < -0.3 is 0 Å². The monoisotopic (exact) mass is 463 g/mol. The number of hydrogen-bond acceptors (Lipinski definition) is 3. The van der Waals surface area contributed by atoms with Crippen LogP contribution in [0.25, 0.3) is 0 Å². The average Bonchev–Trinajstić information content (AvgIpc) is 2.70. The van der Waals surface area contributed by atoms with Crippen molar-refractivity contribution in [3.05, 3.63) is 41.6 Å². The lowest BCUT2D eigenvalue weighted by Gasteiger charge is -2.23. The normalized spacial score (nSPS) is 17.5. The van der Waals surface area contributed by atoms with Crippen molar-refractivity contribution in [1.82, 2.24) is 4.90 Å². The van der Waals surface area contributed by atoms with Crippen LogP contribution in [0.4, 0.5) is 23.7 Å². The van der Waals surface area contributed by atoms with Gasteiger partial charge in [0.05, 0.1) is 22.9 Å². The summed E-state index contributed by atoms with van der Waals surface area (Å²) in [4.78, 5) is 27.1. The summed E-state index contributed by atoms with van der Waals surface area (Å²) < 4.78 is 40.0. The molecule has 25 heavy (non-hydrogen) atoms. The van der Waals surface area contributed by atoms with Gasteiger partial charge in [0, 0.05) is 10.6 Å². The maximum atomic E-state index is 13.1. The maximum Gasteiger partial charge on any atom is 0.417 e. The molecular weight excluding hydrogens is 450 g/mol. The molecule has 1 saturated heterocycles. The summed E-state index contributed by atoms with van der Waals surface area (Å²) in [6.45, 7) is 3.03. The van der Waals surface area contributed by atoms with Crippen molar-refractivity contribution in [1.29, 1.82) is 5.26 Å². The van der Waals surface area contributed by atoms with Crippen LogP contribution >= 0.6 is 22.6 Å². The molecule has 1 aliphatic heterocycles. The van der Waals surface area contributed by atoms with Crippen LogP contribution < -0.4 is 4.90 Å². The molecule has 1 aromatic rings. The predicted octanol–water partition coefficient (Wildman–Crippen LogP) is 4.07. The molecule has 2 rings (SSSR count). The number of carbonyl (C=O) groups excluding carboxylic acids is 2. The molecule has 1 aromatic carbocycles. The van der Waals surface area contributed by atoms with E-state index in [9.17, 15) is 22.8 Å². The number of amides is 3. The standard InChI is InChI=1S/C16H13F3IN3O2/c1-15(2)13(24)23(14(25)22(15)7-3-6-20)11-5-4-10(9-21)12(8-11)16(17,18)19/h3-5,7-8H,6H2,1-2H3. The summed E-state index contributed by atoms with van der Waals surface area (Å²) in [7, 11) is 0.